The Labute approximate surface area is 139 Å². The van der Waals surface area contributed by atoms with Crippen LogP contribution < -0.4 is 5.32 Å². The number of likely N-dealkylation sites (tertiary alicyclic amines) is 1. The first-order valence-corrected chi connectivity index (χ1v) is 8.48. The molecule has 2 fully saturated rings. The third-order valence-electron chi connectivity index (χ3n) is 5.23. The third-order valence-corrected chi connectivity index (χ3v) is 5.23. The fourth-order valence-corrected chi connectivity index (χ4v) is 3.90. The number of alkyl carbamates (subject to hydrolysis) is 1. The predicted molar refractivity (Wildman–Crippen MR) is 82.9 cm³/mol. The van der Waals surface area contributed by atoms with E-state index in [1.807, 2.05) is 0 Å². The predicted octanol–water partition coefficient (Wildman–Crippen LogP) is 1.90. The van der Waals surface area contributed by atoms with Gasteiger partial charge in [0.15, 0.2) is 5.78 Å². The van der Waals surface area contributed by atoms with Crippen LogP contribution in [0.15, 0.2) is 10.7 Å². The average molecular weight is 332 g/mol. The number of carbonyl (C=O) groups excluding carboxylic acids is 3. The van der Waals surface area contributed by atoms with Gasteiger partial charge in [0, 0.05) is 32.4 Å². The number of nitrogens with zero attached hydrogens (tertiary/aromatic N) is 1. The monoisotopic (exact) mass is 332 g/mol. The summed E-state index contributed by atoms with van der Waals surface area (Å²) in [6, 6.07) is 0. The van der Waals surface area contributed by atoms with Crippen LogP contribution in [0.2, 0.25) is 0 Å². The Morgan fingerprint density at radius 2 is 2.04 bits per heavy atom. The van der Waals surface area contributed by atoms with Crippen molar-refractivity contribution >= 4 is 17.8 Å². The van der Waals surface area contributed by atoms with Crippen LogP contribution in [0.4, 0.5) is 4.79 Å². The van der Waals surface area contributed by atoms with E-state index in [2.05, 4.69) is 5.32 Å². The maximum absolute atomic E-state index is 12.9. The van der Waals surface area contributed by atoms with E-state index < -0.39 is 5.60 Å². The van der Waals surface area contributed by atoms with E-state index in [0.717, 1.165) is 19.3 Å². The van der Waals surface area contributed by atoms with Gasteiger partial charge in [-0.3, -0.25) is 9.59 Å². The molecule has 24 heavy (non-hydrogen) atoms. The number of rotatable bonds is 1. The van der Waals surface area contributed by atoms with E-state index in [-0.39, 0.29) is 17.8 Å². The van der Waals surface area contributed by atoms with Crippen molar-refractivity contribution in [2.24, 2.45) is 0 Å². The molecule has 2 aliphatic heterocycles. The largest absolute Gasteiger partial charge is 0.468 e. The fourth-order valence-electron chi connectivity index (χ4n) is 3.90. The van der Waals surface area contributed by atoms with Crippen molar-refractivity contribution in [3.05, 3.63) is 23.2 Å². The zero-order valence-electron chi connectivity index (χ0n) is 13.4. The number of Topliss-reactive ketones (excluding diaryl/α,β-unsaturated/α-hetero) is 1. The topological polar surface area (TPSA) is 88.9 Å². The molecule has 2 saturated heterocycles. The summed E-state index contributed by atoms with van der Waals surface area (Å²) in [6.45, 7) is 1.58. The maximum Gasteiger partial charge on any atom is 0.407 e. The Hall–Kier alpha value is -2.31. The number of hydrogen-bond donors (Lipinski definition) is 1. The molecule has 0 saturated carbocycles. The smallest absolute Gasteiger partial charge is 0.407 e. The number of hydrogen-bond acceptors (Lipinski definition) is 5. The molecule has 0 bridgehead atoms. The van der Waals surface area contributed by atoms with Gasteiger partial charge in [-0.05, 0) is 19.3 Å². The maximum atomic E-state index is 12.9. The zero-order chi connectivity index (χ0) is 16.7. The van der Waals surface area contributed by atoms with Gasteiger partial charge in [0.1, 0.15) is 17.6 Å². The lowest BCUT2D eigenvalue weighted by molar-refractivity contribution is 0.0438. The highest BCUT2D eigenvalue weighted by atomic mass is 16.6. The van der Waals surface area contributed by atoms with E-state index >= 15 is 0 Å². The molecule has 2 amide bonds. The molecule has 0 radical (unpaired) electrons. The molecule has 3 aliphatic rings. The molecule has 1 N–H and O–H groups in total. The van der Waals surface area contributed by atoms with Crippen molar-refractivity contribution in [3.8, 4) is 0 Å². The second-order valence-electron chi connectivity index (χ2n) is 6.80. The molecule has 1 aromatic heterocycles. The molecule has 7 nitrogen and oxygen atoms in total. The van der Waals surface area contributed by atoms with Crippen molar-refractivity contribution in [1.82, 2.24) is 10.2 Å². The lowest BCUT2D eigenvalue weighted by Crippen LogP contribution is -2.37. The van der Waals surface area contributed by atoms with Crippen molar-refractivity contribution in [1.29, 1.82) is 0 Å². The molecular weight excluding hydrogens is 312 g/mol. The normalized spacial score (nSPS) is 26.8. The number of ether oxygens (including phenoxy) is 1. The first-order valence-electron chi connectivity index (χ1n) is 8.48. The summed E-state index contributed by atoms with van der Waals surface area (Å²) in [5.41, 5.74) is 0.351. The van der Waals surface area contributed by atoms with E-state index in [1.165, 1.54) is 6.26 Å². The standard InChI is InChI=1S/C17H20N2O5/c20-12-3-1-4-13-14(12)11(9-23-13)15(21)19-7-2-5-17(6-8-19)10-18-16(22)24-17/h9H,1-8,10H2,(H,18,22)/t17-/m0/s1. The number of furan rings is 1. The Balaban J connectivity index is 1.52. The Morgan fingerprint density at radius 3 is 2.83 bits per heavy atom. The minimum atomic E-state index is -0.502. The van der Waals surface area contributed by atoms with Crippen molar-refractivity contribution in [3.63, 3.8) is 0 Å². The summed E-state index contributed by atoms with van der Waals surface area (Å²) in [5.74, 6) is 0.466. The molecule has 0 unspecified atom stereocenters. The van der Waals surface area contributed by atoms with Gasteiger partial charge in [0.05, 0.1) is 17.7 Å². The summed E-state index contributed by atoms with van der Waals surface area (Å²) >= 11 is 0. The molecule has 1 aromatic rings. The molecule has 1 atom stereocenters. The van der Waals surface area contributed by atoms with Crippen LogP contribution >= 0.6 is 0 Å². The number of ketones is 1. The highest BCUT2D eigenvalue weighted by Crippen LogP contribution is 2.31. The highest BCUT2D eigenvalue weighted by molar-refractivity contribution is 6.09. The van der Waals surface area contributed by atoms with E-state index in [0.29, 0.717) is 55.8 Å². The van der Waals surface area contributed by atoms with Crippen LogP contribution in [-0.4, -0.2) is 47.9 Å². The molecule has 4 rings (SSSR count). The average Bonchev–Trinajstić information content (AvgIpc) is 3.09. The van der Waals surface area contributed by atoms with Crippen LogP contribution in [0.25, 0.3) is 0 Å². The first-order chi connectivity index (χ1) is 11.6. The number of aryl methyl sites for hydroxylation is 1. The Morgan fingerprint density at radius 1 is 1.17 bits per heavy atom. The minimum Gasteiger partial charge on any atom is -0.468 e. The van der Waals surface area contributed by atoms with Crippen LogP contribution in [0.3, 0.4) is 0 Å². The fraction of sp³-hybridized carbons (Fsp3) is 0.588. The van der Waals surface area contributed by atoms with Gasteiger partial charge in [-0.2, -0.15) is 0 Å². The summed E-state index contributed by atoms with van der Waals surface area (Å²) in [4.78, 5) is 38.2. The van der Waals surface area contributed by atoms with Crippen molar-refractivity contribution in [2.75, 3.05) is 19.6 Å². The summed E-state index contributed by atoms with van der Waals surface area (Å²) in [6.07, 6.45) is 5.09. The molecule has 3 heterocycles. The molecule has 0 aromatic carbocycles. The zero-order valence-corrected chi connectivity index (χ0v) is 13.4. The van der Waals surface area contributed by atoms with Gasteiger partial charge in [0.25, 0.3) is 5.91 Å². The highest BCUT2D eigenvalue weighted by Gasteiger charge is 2.42. The second-order valence-corrected chi connectivity index (χ2v) is 6.80. The number of fused-ring (bicyclic) bond motifs is 1. The summed E-state index contributed by atoms with van der Waals surface area (Å²) in [7, 11) is 0. The lowest BCUT2D eigenvalue weighted by atomic mass is 9.93. The van der Waals surface area contributed by atoms with Crippen LogP contribution in [0, 0.1) is 0 Å². The quantitative estimate of drug-likeness (QED) is 0.848. The van der Waals surface area contributed by atoms with Crippen LogP contribution in [0.1, 0.15) is 58.6 Å². The number of nitrogens with one attached hydrogen (secondary N) is 1. The summed E-state index contributed by atoms with van der Waals surface area (Å²) < 4.78 is 10.9. The lowest BCUT2D eigenvalue weighted by Gasteiger charge is -2.25. The van der Waals surface area contributed by atoms with Gasteiger partial charge in [-0.1, -0.05) is 0 Å². The van der Waals surface area contributed by atoms with Crippen molar-refractivity contribution < 1.29 is 23.5 Å². The minimum absolute atomic E-state index is 0.00596. The van der Waals surface area contributed by atoms with Crippen molar-refractivity contribution in [2.45, 2.75) is 44.1 Å². The van der Waals surface area contributed by atoms with Gasteiger partial charge in [-0.25, -0.2) is 4.79 Å². The van der Waals surface area contributed by atoms with Gasteiger partial charge < -0.3 is 19.4 Å². The van der Waals surface area contributed by atoms with Gasteiger partial charge in [-0.15, -0.1) is 0 Å². The number of amides is 2. The van der Waals surface area contributed by atoms with E-state index in [1.54, 1.807) is 4.90 Å². The third kappa shape index (κ3) is 2.48. The molecular formula is C17H20N2O5. The first kappa shape index (κ1) is 15.2. The molecule has 1 aliphatic carbocycles. The van der Waals surface area contributed by atoms with Crippen LogP contribution in [0.5, 0.6) is 0 Å². The second kappa shape index (κ2) is 5.65. The molecule has 128 valence electrons. The van der Waals surface area contributed by atoms with Gasteiger partial charge in [0.2, 0.25) is 0 Å². The van der Waals surface area contributed by atoms with E-state index in [4.69, 9.17) is 9.15 Å². The van der Waals surface area contributed by atoms with Crippen LogP contribution in [-0.2, 0) is 11.2 Å². The molecule has 1 spiro atoms. The Kier molecular flexibility index (Phi) is 3.58. The number of carbonyl (C=O) groups is 3. The Bertz CT molecular complexity index is 710. The van der Waals surface area contributed by atoms with Gasteiger partial charge >= 0.3 is 6.09 Å². The SMILES string of the molecule is O=C1NC[C@@]2(CCCN(C(=O)c3coc4c3C(=O)CCC4)CC2)O1. The van der Waals surface area contributed by atoms with E-state index in [9.17, 15) is 14.4 Å². The summed E-state index contributed by atoms with van der Waals surface area (Å²) in [5, 5.41) is 2.70. The molecule has 7 heteroatoms.